The zero-order valence-corrected chi connectivity index (χ0v) is 14.2. The molecule has 0 saturated carbocycles. The molecule has 0 unspecified atom stereocenters. The van der Waals surface area contributed by atoms with Crippen LogP contribution in [0.2, 0.25) is 0 Å². The third-order valence-electron chi connectivity index (χ3n) is 4.83. The molecule has 26 heavy (non-hydrogen) atoms. The Bertz CT molecular complexity index is 694. The summed E-state index contributed by atoms with van der Waals surface area (Å²) in [7, 11) is 0. The second-order valence-corrected chi connectivity index (χ2v) is 6.54. The number of anilines is 1. The fourth-order valence-electron chi connectivity index (χ4n) is 3.61. The minimum Gasteiger partial charge on any atom is -0.353 e. The van der Waals surface area contributed by atoms with Crippen LogP contribution < -0.4 is 4.90 Å². The molecule has 0 radical (unpaired) electrons. The average molecular weight is 367 g/mol. The molecule has 9 heteroatoms. The summed E-state index contributed by atoms with van der Waals surface area (Å²) in [6, 6.07) is 5.03. The topological polar surface area (TPSA) is 63.5 Å². The van der Waals surface area contributed by atoms with Gasteiger partial charge in [-0.25, -0.2) is 4.98 Å². The number of carbonyl (C=O) groups is 1. The molecule has 3 heterocycles. The van der Waals surface area contributed by atoms with Crippen molar-refractivity contribution in [2.75, 3.05) is 44.2 Å². The van der Waals surface area contributed by atoms with Gasteiger partial charge in [0.2, 0.25) is 5.91 Å². The number of alkyl halides is 3. The number of rotatable bonds is 3. The Labute approximate surface area is 149 Å². The Morgan fingerprint density at radius 1 is 1.23 bits per heavy atom. The Morgan fingerprint density at radius 2 is 1.96 bits per heavy atom. The van der Waals surface area contributed by atoms with Gasteiger partial charge in [-0.2, -0.15) is 18.4 Å². The molecule has 140 valence electrons. The van der Waals surface area contributed by atoms with E-state index in [9.17, 15) is 23.2 Å². The van der Waals surface area contributed by atoms with Crippen molar-refractivity contribution < 1.29 is 18.0 Å². The molecule has 1 aromatic rings. The number of halogens is 3. The summed E-state index contributed by atoms with van der Waals surface area (Å²) in [6.07, 6.45) is -1.59. The second-order valence-electron chi connectivity index (χ2n) is 6.54. The summed E-state index contributed by atoms with van der Waals surface area (Å²) in [6.45, 7) is 1.24. The summed E-state index contributed by atoms with van der Waals surface area (Å²) < 4.78 is 37.9. The molecule has 1 aromatic heterocycles. The molecule has 0 N–H and O–H groups in total. The van der Waals surface area contributed by atoms with Gasteiger partial charge in [0.15, 0.2) is 0 Å². The highest BCUT2D eigenvalue weighted by molar-refractivity contribution is 5.82. The summed E-state index contributed by atoms with van der Waals surface area (Å²) in [5, 5.41) is 9.19. The predicted molar refractivity (Wildman–Crippen MR) is 88.4 cm³/mol. The van der Waals surface area contributed by atoms with Gasteiger partial charge in [0.25, 0.3) is 0 Å². The predicted octanol–water partition coefficient (Wildman–Crippen LogP) is 1.63. The van der Waals surface area contributed by atoms with Crippen molar-refractivity contribution in [1.82, 2.24) is 14.8 Å². The second kappa shape index (κ2) is 7.50. The van der Waals surface area contributed by atoms with E-state index in [2.05, 4.69) is 11.1 Å². The van der Waals surface area contributed by atoms with Crippen molar-refractivity contribution in [2.24, 2.45) is 0 Å². The average Bonchev–Trinajstić information content (AvgIpc) is 2.62. The van der Waals surface area contributed by atoms with Crippen LogP contribution in [-0.4, -0.2) is 72.2 Å². The molecule has 6 nitrogen and oxygen atoms in total. The van der Waals surface area contributed by atoms with E-state index in [4.69, 9.17) is 0 Å². The van der Waals surface area contributed by atoms with Crippen molar-refractivity contribution in [3.05, 3.63) is 23.9 Å². The van der Waals surface area contributed by atoms with Crippen LogP contribution in [0.4, 0.5) is 19.0 Å². The normalized spacial score (nSPS) is 22.4. The number of aromatic nitrogens is 1. The van der Waals surface area contributed by atoms with Crippen LogP contribution >= 0.6 is 0 Å². The highest BCUT2D eigenvalue weighted by Gasteiger charge is 2.40. The van der Waals surface area contributed by atoms with Gasteiger partial charge in [-0.15, -0.1) is 0 Å². The maximum Gasteiger partial charge on any atom is 0.406 e. The van der Waals surface area contributed by atoms with Crippen LogP contribution in [-0.2, 0) is 4.79 Å². The van der Waals surface area contributed by atoms with Gasteiger partial charge in [0, 0.05) is 38.9 Å². The fraction of sp³-hybridized carbons (Fsp3) is 0.588. The van der Waals surface area contributed by atoms with E-state index >= 15 is 0 Å². The fourth-order valence-corrected chi connectivity index (χ4v) is 3.61. The monoisotopic (exact) mass is 367 g/mol. The number of piperidine rings is 1. The third kappa shape index (κ3) is 4.07. The summed E-state index contributed by atoms with van der Waals surface area (Å²) >= 11 is 0. The molecule has 2 aliphatic rings. The standard InChI is InChI=1S/C17H20F3N5O/c18-17(19,20)12-25-6-2-4-14(16(25)26)23-7-9-24(10-8-23)15-13(11-21)3-1-5-22-15/h1,3,5,14H,2,4,6-10,12H2/t14-/m0/s1. The van der Waals surface area contributed by atoms with Gasteiger partial charge >= 0.3 is 6.18 Å². The molecular weight excluding hydrogens is 347 g/mol. The van der Waals surface area contributed by atoms with E-state index in [0.29, 0.717) is 50.4 Å². The molecule has 0 bridgehead atoms. The van der Waals surface area contributed by atoms with Gasteiger partial charge in [-0.05, 0) is 25.0 Å². The molecule has 2 saturated heterocycles. The lowest BCUT2D eigenvalue weighted by molar-refractivity contribution is -0.167. The molecule has 0 spiro atoms. The number of hydrogen-bond acceptors (Lipinski definition) is 5. The van der Waals surface area contributed by atoms with Crippen molar-refractivity contribution in [3.63, 3.8) is 0 Å². The highest BCUT2D eigenvalue weighted by atomic mass is 19.4. The number of nitriles is 1. The Balaban J connectivity index is 1.62. The first kappa shape index (κ1) is 18.5. The SMILES string of the molecule is N#Cc1cccnc1N1CCN([C@H]2CCCN(CC(F)(F)F)C2=O)CC1. The van der Waals surface area contributed by atoms with E-state index in [-0.39, 0.29) is 6.54 Å². The Morgan fingerprint density at radius 3 is 2.62 bits per heavy atom. The summed E-state index contributed by atoms with van der Waals surface area (Å²) in [5.74, 6) is 0.181. The zero-order valence-electron chi connectivity index (χ0n) is 14.2. The maximum absolute atomic E-state index is 12.6. The number of nitrogens with zero attached hydrogens (tertiary/aromatic N) is 5. The van der Waals surface area contributed by atoms with Crippen LogP contribution in [0.25, 0.3) is 0 Å². The van der Waals surface area contributed by atoms with Gasteiger partial charge in [-0.3, -0.25) is 9.69 Å². The van der Waals surface area contributed by atoms with E-state index in [1.54, 1.807) is 18.3 Å². The Kier molecular flexibility index (Phi) is 5.32. The van der Waals surface area contributed by atoms with Crippen molar-refractivity contribution >= 4 is 11.7 Å². The number of carbonyl (C=O) groups excluding carboxylic acids is 1. The number of piperazine rings is 1. The molecule has 2 aliphatic heterocycles. The van der Waals surface area contributed by atoms with E-state index in [1.165, 1.54) is 0 Å². The molecule has 0 aromatic carbocycles. The van der Waals surface area contributed by atoms with Crippen molar-refractivity contribution in [2.45, 2.75) is 25.1 Å². The number of pyridine rings is 1. The minimum absolute atomic E-state index is 0.161. The first-order valence-corrected chi connectivity index (χ1v) is 8.59. The van der Waals surface area contributed by atoms with Crippen molar-refractivity contribution in [1.29, 1.82) is 5.26 Å². The largest absolute Gasteiger partial charge is 0.406 e. The minimum atomic E-state index is -4.37. The van der Waals surface area contributed by atoms with E-state index in [0.717, 1.165) is 4.90 Å². The van der Waals surface area contributed by atoms with Crippen LogP contribution in [0.15, 0.2) is 18.3 Å². The quantitative estimate of drug-likeness (QED) is 0.813. The lowest BCUT2D eigenvalue weighted by atomic mass is 10.0. The number of amides is 1. The van der Waals surface area contributed by atoms with Gasteiger partial charge in [-0.1, -0.05) is 0 Å². The third-order valence-corrected chi connectivity index (χ3v) is 4.83. The van der Waals surface area contributed by atoms with Gasteiger partial charge in [0.1, 0.15) is 18.4 Å². The molecule has 1 amide bonds. The van der Waals surface area contributed by atoms with Crippen molar-refractivity contribution in [3.8, 4) is 6.07 Å². The molecule has 0 aliphatic carbocycles. The number of hydrogen-bond donors (Lipinski definition) is 0. The lowest BCUT2D eigenvalue weighted by Crippen LogP contribution is -2.58. The number of likely N-dealkylation sites (tertiary alicyclic amines) is 1. The van der Waals surface area contributed by atoms with Crippen LogP contribution in [0.5, 0.6) is 0 Å². The first-order valence-electron chi connectivity index (χ1n) is 8.59. The first-order chi connectivity index (χ1) is 12.4. The van der Waals surface area contributed by atoms with Crippen LogP contribution in [0, 0.1) is 11.3 Å². The Hall–Kier alpha value is -2.34. The van der Waals surface area contributed by atoms with Crippen LogP contribution in [0.1, 0.15) is 18.4 Å². The summed E-state index contributed by atoms with van der Waals surface area (Å²) in [5.41, 5.74) is 0.492. The molecule has 3 rings (SSSR count). The molecule has 2 fully saturated rings. The lowest BCUT2D eigenvalue weighted by Gasteiger charge is -2.43. The molecular formula is C17H20F3N5O. The zero-order chi connectivity index (χ0) is 18.7. The summed E-state index contributed by atoms with van der Waals surface area (Å²) in [4.78, 5) is 21.6. The van der Waals surface area contributed by atoms with Gasteiger partial charge in [0.05, 0.1) is 11.6 Å². The van der Waals surface area contributed by atoms with E-state index < -0.39 is 24.7 Å². The van der Waals surface area contributed by atoms with Gasteiger partial charge < -0.3 is 9.80 Å². The smallest absolute Gasteiger partial charge is 0.353 e. The molecule has 1 atom stereocenters. The highest BCUT2D eigenvalue weighted by Crippen LogP contribution is 2.25. The van der Waals surface area contributed by atoms with Crippen LogP contribution in [0.3, 0.4) is 0 Å². The van der Waals surface area contributed by atoms with E-state index in [1.807, 2.05) is 9.80 Å². The maximum atomic E-state index is 12.6.